The first-order valence-electron chi connectivity index (χ1n) is 5.83. The molecule has 0 fully saturated rings. The molecule has 1 heterocycles. The quantitative estimate of drug-likeness (QED) is 0.389. The van der Waals surface area contributed by atoms with E-state index in [2.05, 4.69) is 70.5 Å². The van der Waals surface area contributed by atoms with Crippen LogP contribution < -0.4 is 0 Å². The third kappa shape index (κ3) is 1.43. The van der Waals surface area contributed by atoms with Gasteiger partial charge in [0.2, 0.25) is 0 Å². The molecular weight excluding hydrogens is 351 g/mol. The van der Waals surface area contributed by atoms with Gasteiger partial charge in [0, 0.05) is 0 Å². The fourth-order valence-corrected chi connectivity index (χ4v) is 5.68. The van der Waals surface area contributed by atoms with E-state index >= 15 is 0 Å². The number of rotatable bonds is 0. The van der Waals surface area contributed by atoms with Crippen LogP contribution in [-0.4, -0.2) is 14.5 Å². The number of benzene rings is 3. The van der Waals surface area contributed by atoms with Gasteiger partial charge in [-0.15, -0.1) is 0 Å². The molecule has 0 spiro atoms. The molecule has 0 unspecified atom stereocenters. The number of halogens is 1. The van der Waals surface area contributed by atoms with Crippen LogP contribution in [0.4, 0.5) is 0 Å². The van der Waals surface area contributed by atoms with Crippen LogP contribution in [0.1, 0.15) is 0 Å². The summed E-state index contributed by atoms with van der Waals surface area (Å²) in [6.45, 7) is 0. The molecule has 86 valence electrons. The van der Waals surface area contributed by atoms with Crippen molar-refractivity contribution in [2.75, 3.05) is 0 Å². The molecule has 4 rings (SSSR count). The summed E-state index contributed by atoms with van der Waals surface area (Å²) in [4.78, 5) is 0. The molecule has 1 aromatic heterocycles. The Balaban J connectivity index is 2.37. The minimum absolute atomic E-state index is 0.425. The number of fused-ring (bicyclic) bond motifs is 5. The van der Waals surface area contributed by atoms with Crippen molar-refractivity contribution in [2.45, 2.75) is 0 Å². The third-order valence-corrected chi connectivity index (χ3v) is 7.12. The Kier molecular flexibility index (Phi) is 2.38. The van der Waals surface area contributed by atoms with E-state index in [0.29, 0.717) is 14.5 Å². The molecule has 0 saturated heterocycles. The van der Waals surface area contributed by atoms with Crippen molar-refractivity contribution in [1.29, 1.82) is 0 Å². The first-order valence-corrected chi connectivity index (χ1v) is 8.34. The van der Waals surface area contributed by atoms with Gasteiger partial charge in [0.1, 0.15) is 0 Å². The summed E-state index contributed by atoms with van der Waals surface area (Å²) in [6, 6.07) is 19.7. The molecule has 0 bridgehead atoms. The Morgan fingerprint density at radius 3 is 2.56 bits per heavy atom. The molecule has 0 amide bonds. The standard InChI is InChI=1S/C16H9BrSe/c17-13-7-3-6-12-15-11-5-2-1-4-10(11)8-9-14(15)18-16(12)13/h1-9H. The van der Waals surface area contributed by atoms with Crippen LogP contribution in [0.25, 0.3) is 30.1 Å². The molecule has 4 aromatic rings. The predicted octanol–water partition coefficient (Wildman–Crippen LogP) is 4.97. The summed E-state index contributed by atoms with van der Waals surface area (Å²) in [6.07, 6.45) is 0. The van der Waals surface area contributed by atoms with Gasteiger partial charge in [-0.25, -0.2) is 0 Å². The van der Waals surface area contributed by atoms with Gasteiger partial charge < -0.3 is 0 Å². The van der Waals surface area contributed by atoms with Crippen LogP contribution in [0.3, 0.4) is 0 Å². The molecule has 0 aliphatic heterocycles. The average Bonchev–Trinajstić information content (AvgIpc) is 2.79. The van der Waals surface area contributed by atoms with E-state index < -0.39 is 0 Å². The Labute approximate surface area is 119 Å². The molecule has 0 atom stereocenters. The van der Waals surface area contributed by atoms with Crippen molar-refractivity contribution in [1.82, 2.24) is 0 Å². The van der Waals surface area contributed by atoms with E-state index in [4.69, 9.17) is 0 Å². The molecule has 3 aromatic carbocycles. The summed E-state index contributed by atoms with van der Waals surface area (Å²) in [7, 11) is 0. The van der Waals surface area contributed by atoms with Crippen LogP contribution in [0, 0.1) is 0 Å². The van der Waals surface area contributed by atoms with Gasteiger partial charge in [-0.05, 0) is 0 Å². The van der Waals surface area contributed by atoms with Crippen LogP contribution >= 0.6 is 15.9 Å². The van der Waals surface area contributed by atoms with E-state index in [0.717, 1.165) is 0 Å². The summed E-state index contributed by atoms with van der Waals surface area (Å²) < 4.78 is 4.24. The van der Waals surface area contributed by atoms with Crippen molar-refractivity contribution in [3.05, 3.63) is 59.1 Å². The van der Waals surface area contributed by atoms with E-state index in [1.165, 1.54) is 34.5 Å². The van der Waals surface area contributed by atoms with Crippen molar-refractivity contribution >= 4 is 60.5 Å². The fraction of sp³-hybridized carbons (Fsp3) is 0. The Hall–Kier alpha value is -1.08. The van der Waals surface area contributed by atoms with Gasteiger partial charge in [0.15, 0.2) is 0 Å². The zero-order valence-electron chi connectivity index (χ0n) is 9.48. The second-order valence-corrected chi connectivity index (χ2v) is 7.44. The van der Waals surface area contributed by atoms with Crippen molar-refractivity contribution in [2.24, 2.45) is 0 Å². The van der Waals surface area contributed by atoms with Crippen LogP contribution in [0.2, 0.25) is 0 Å². The number of hydrogen-bond donors (Lipinski definition) is 0. The summed E-state index contributed by atoms with van der Waals surface area (Å²) >= 11 is 4.11. The summed E-state index contributed by atoms with van der Waals surface area (Å²) in [5.41, 5.74) is 0. The molecule has 0 radical (unpaired) electrons. The molecule has 0 aliphatic carbocycles. The van der Waals surface area contributed by atoms with Gasteiger partial charge in [-0.3, -0.25) is 0 Å². The van der Waals surface area contributed by atoms with E-state index in [1.54, 1.807) is 0 Å². The average molecular weight is 360 g/mol. The van der Waals surface area contributed by atoms with Crippen LogP contribution in [-0.2, 0) is 0 Å². The fourth-order valence-electron chi connectivity index (χ4n) is 2.53. The molecular formula is C16H9BrSe. The summed E-state index contributed by atoms with van der Waals surface area (Å²) in [5, 5.41) is 5.58. The molecule has 2 heteroatoms. The second kappa shape index (κ2) is 3.96. The first kappa shape index (κ1) is 10.8. The molecule has 0 aliphatic rings. The predicted molar refractivity (Wildman–Crippen MR) is 83.6 cm³/mol. The Morgan fingerprint density at radius 1 is 0.778 bits per heavy atom. The van der Waals surface area contributed by atoms with Gasteiger partial charge in [-0.1, -0.05) is 0 Å². The summed E-state index contributed by atoms with van der Waals surface area (Å²) in [5.74, 6) is 0. The Morgan fingerprint density at radius 2 is 1.61 bits per heavy atom. The van der Waals surface area contributed by atoms with Gasteiger partial charge in [-0.2, -0.15) is 0 Å². The minimum atomic E-state index is 0.425. The van der Waals surface area contributed by atoms with Gasteiger partial charge in [0.25, 0.3) is 0 Å². The zero-order valence-corrected chi connectivity index (χ0v) is 12.8. The normalized spacial score (nSPS) is 11.6. The Bertz CT molecular complexity index is 889. The number of hydrogen-bond acceptors (Lipinski definition) is 0. The first-order chi connectivity index (χ1) is 8.84. The van der Waals surface area contributed by atoms with Crippen LogP contribution in [0.5, 0.6) is 0 Å². The van der Waals surface area contributed by atoms with Crippen LogP contribution in [0.15, 0.2) is 59.1 Å². The molecule has 0 saturated carbocycles. The zero-order chi connectivity index (χ0) is 12.1. The van der Waals surface area contributed by atoms with Gasteiger partial charge >= 0.3 is 120 Å². The van der Waals surface area contributed by atoms with Crippen molar-refractivity contribution in [3.8, 4) is 0 Å². The molecule has 0 N–H and O–H groups in total. The van der Waals surface area contributed by atoms with E-state index in [-0.39, 0.29) is 0 Å². The second-order valence-electron chi connectivity index (χ2n) is 4.38. The maximum atomic E-state index is 3.69. The SMILES string of the molecule is Brc1cccc2c1[se]c1ccc3ccccc3c12. The monoisotopic (exact) mass is 360 g/mol. The topological polar surface area (TPSA) is 0 Å². The molecule has 18 heavy (non-hydrogen) atoms. The van der Waals surface area contributed by atoms with Crippen molar-refractivity contribution < 1.29 is 0 Å². The molecule has 0 nitrogen and oxygen atoms in total. The van der Waals surface area contributed by atoms with Crippen molar-refractivity contribution in [3.63, 3.8) is 0 Å². The van der Waals surface area contributed by atoms with E-state index in [1.807, 2.05) is 0 Å². The van der Waals surface area contributed by atoms with Gasteiger partial charge in [0.05, 0.1) is 0 Å². The third-order valence-electron chi connectivity index (χ3n) is 3.34. The maximum absolute atomic E-state index is 3.69. The van der Waals surface area contributed by atoms with E-state index in [9.17, 15) is 0 Å².